The average molecular weight is 236 g/mol. The maximum atomic E-state index is 10.9. The molecule has 1 aliphatic carbocycles. The van der Waals surface area contributed by atoms with Gasteiger partial charge in [0, 0.05) is 12.5 Å². The molecule has 4 heteroatoms. The topological polar surface area (TPSA) is 55.8 Å². The fourth-order valence-corrected chi connectivity index (χ4v) is 2.30. The maximum Gasteiger partial charge on any atom is 0.303 e. The van der Waals surface area contributed by atoms with E-state index < -0.39 is 12.2 Å². The Labute approximate surface area is 100 Å². The zero-order valence-electron chi connectivity index (χ0n) is 9.97. The molecular weight excluding hydrogens is 220 g/mol. The third kappa shape index (κ3) is 2.26. The Balaban J connectivity index is 2.29. The minimum atomic E-state index is -0.766. The van der Waals surface area contributed by atoms with Gasteiger partial charge in [-0.1, -0.05) is 12.1 Å². The van der Waals surface area contributed by atoms with Gasteiger partial charge < -0.3 is 14.6 Å². The van der Waals surface area contributed by atoms with Crippen molar-refractivity contribution >= 4 is 5.97 Å². The number of rotatable bonds is 2. The first-order valence-electron chi connectivity index (χ1n) is 5.64. The van der Waals surface area contributed by atoms with Crippen LogP contribution >= 0.6 is 0 Å². The number of methoxy groups -OCH3 is 1. The van der Waals surface area contributed by atoms with Crippen molar-refractivity contribution in [3.63, 3.8) is 0 Å². The molecule has 2 rings (SSSR count). The number of aliphatic hydroxyl groups excluding tert-OH is 1. The van der Waals surface area contributed by atoms with E-state index in [1.165, 1.54) is 6.92 Å². The highest BCUT2D eigenvalue weighted by molar-refractivity contribution is 5.66. The lowest BCUT2D eigenvalue weighted by Crippen LogP contribution is -2.29. The molecule has 0 saturated heterocycles. The average Bonchev–Trinajstić information content (AvgIpc) is 2.31. The lowest BCUT2D eigenvalue weighted by molar-refractivity contribution is -0.153. The lowest BCUT2D eigenvalue weighted by atomic mass is 9.87. The largest absolute Gasteiger partial charge is 0.496 e. The number of carbonyl (C=O) groups excluding carboxylic acids is 1. The van der Waals surface area contributed by atoms with E-state index in [0.29, 0.717) is 6.42 Å². The Kier molecular flexibility index (Phi) is 3.33. The second-order valence-corrected chi connectivity index (χ2v) is 4.16. The van der Waals surface area contributed by atoms with E-state index in [1.807, 2.05) is 18.2 Å². The van der Waals surface area contributed by atoms with Crippen molar-refractivity contribution < 1.29 is 19.4 Å². The Morgan fingerprint density at radius 1 is 1.47 bits per heavy atom. The summed E-state index contributed by atoms with van der Waals surface area (Å²) in [5.74, 6) is 0.420. The summed E-state index contributed by atoms with van der Waals surface area (Å²) < 4.78 is 10.4. The van der Waals surface area contributed by atoms with E-state index in [0.717, 1.165) is 23.3 Å². The lowest BCUT2D eigenvalue weighted by Gasteiger charge is -2.30. The number of benzene rings is 1. The molecule has 2 atom stereocenters. The number of aliphatic hydroxyl groups is 1. The molecule has 4 nitrogen and oxygen atoms in total. The summed E-state index contributed by atoms with van der Waals surface area (Å²) in [5.41, 5.74) is 1.80. The van der Waals surface area contributed by atoms with E-state index >= 15 is 0 Å². The highest BCUT2D eigenvalue weighted by atomic mass is 16.6. The minimum Gasteiger partial charge on any atom is -0.496 e. The molecule has 0 bridgehead atoms. The van der Waals surface area contributed by atoms with Crippen LogP contribution < -0.4 is 4.74 Å². The summed E-state index contributed by atoms with van der Waals surface area (Å²) in [6.45, 7) is 1.35. The third-order valence-corrected chi connectivity index (χ3v) is 3.06. The predicted molar refractivity (Wildman–Crippen MR) is 61.8 cm³/mol. The van der Waals surface area contributed by atoms with E-state index in [4.69, 9.17) is 9.47 Å². The van der Waals surface area contributed by atoms with Crippen LogP contribution in [0.4, 0.5) is 0 Å². The van der Waals surface area contributed by atoms with Gasteiger partial charge in [0.15, 0.2) is 0 Å². The molecule has 0 fully saturated rings. The van der Waals surface area contributed by atoms with Crippen LogP contribution in [0.15, 0.2) is 18.2 Å². The van der Waals surface area contributed by atoms with Gasteiger partial charge in [-0.25, -0.2) is 0 Å². The van der Waals surface area contributed by atoms with Gasteiger partial charge in [-0.3, -0.25) is 4.79 Å². The number of esters is 1. The Morgan fingerprint density at radius 3 is 2.88 bits per heavy atom. The van der Waals surface area contributed by atoms with E-state index in [1.54, 1.807) is 7.11 Å². The summed E-state index contributed by atoms with van der Waals surface area (Å²) in [5, 5.41) is 10.2. The first-order chi connectivity index (χ1) is 8.13. The zero-order valence-corrected chi connectivity index (χ0v) is 9.97. The number of fused-ring (bicyclic) bond motifs is 1. The molecule has 92 valence electrons. The summed E-state index contributed by atoms with van der Waals surface area (Å²) in [6, 6.07) is 5.55. The molecule has 1 aromatic rings. The zero-order chi connectivity index (χ0) is 12.4. The van der Waals surface area contributed by atoms with Crippen molar-refractivity contribution in [1.29, 1.82) is 0 Å². The van der Waals surface area contributed by atoms with Crippen LogP contribution in [0.3, 0.4) is 0 Å². The predicted octanol–water partition coefficient (Wildman–Crippen LogP) is 1.61. The first-order valence-corrected chi connectivity index (χ1v) is 5.64. The molecule has 0 aliphatic heterocycles. The molecule has 0 unspecified atom stereocenters. The fraction of sp³-hybridized carbons (Fsp3) is 0.462. The van der Waals surface area contributed by atoms with Crippen LogP contribution in [0, 0.1) is 0 Å². The monoisotopic (exact) mass is 236 g/mol. The van der Waals surface area contributed by atoms with Gasteiger partial charge in [-0.05, 0) is 24.5 Å². The van der Waals surface area contributed by atoms with Gasteiger partial charge in [0.25, 0.3) is 0 Å². The van der Waals surface area contributed by atoms with Crippen LogP contribution in [0.5, 0.6) is 5.75 Å². The van der Waals surface area contributed by atoms with E-state index in [9.17, 15) is 9.90 Å². The SMILES string of the molecule is COc1cccc2c1CC[C@H](OC(C)=O)[C@@H]2O. The summed E-state index contributed by atoms with van der Waals surface area (Å²) in [6.07, 6.45) is 0.146. The van der Waals surface area contributed by atoms with Gasteiger partial charge >= 0.3 is 5.97 Å². The van der Waals surface area contributed by atoms with Crippen molar-refractivity contribution in [3.8, 4) is 5.75 Å². The molecule has 1 aliphatic rings. The Bertz CT molecular complexity index is 427. The van der Waals surface area contributed by atoms with Gasteiger partial charge in [0.05, 0.1) is 7.11 Å². The molecule has 1 N–H and O–H groups in total. The van der Waals surface area contributed by atoms with Crippen LogP contribution in [-0.2, 0) is 16.0 Å². The molecule has 0 heterocycles. The smallest absolute Gasteiger partial charge is 0.303 e. The highest BCUT2D eigenvalue weighted by Gasteiger charge is 2.31. The normalized spacial score (nSPS) is 22.8. The molecule has 0 aromatic heterocycles. The number of ether oxygens (including phenoxy) is 2. The third-order valence-electron chi connectivity index (χ3n) is 3.06. The quantitative estimate of drug-likeness (QED) is 0.792. The van der Waals surface area contributed by atoms with Crippen molar-refractivity contribution in [2.24, 2.45) is 0 Å². The van der Waals surface area contributed by atoms with Gasteiger partial charge in [0.2, 0.25) is 0 Å². The molecule has 0 radical (unpaired) electrons. The Morgan fingerprint density at radius 2 is 2.24 bits per heavy atom. The standard InChI is InChI=1S/C13H16O4/c1-8(14)17-12-7-6-9-10(13(12)15)4-3-5-11(9)16-2/h3-5,12-13,15H,6-7H2,1-2H3/t12-,13+/m0/s1. The van der Waals surface area contributed by atoms with Crippen molar-refractivity contribution in [3.05, 3.63) is 29.3 Å². The van der Waals surface area contributed by atoms with Crippen LogP contribution in [0.1, 0.15) is 30.6 Å². The molecule has 0 spiro atoms. The molecule has 17 heavy (non-hydrogen) atoms. The molecule has 0 amide bonds. The summed E-state index contributed by atoms with van der Waals surface area (Å²) in [7, 11) is 1.61. The van der Waals surface area contributed by atoms with Gasteiger partial charge in [0.1, 0.15) is 18.0 Å². The van der Waals surface area contributed by atoms with Crippen molar-refractivity contribution in [2.75, 3.05) is 7.11 Å². The second kappa shape index (κ2) is 4.75. The number of hydrogen-bond donors (Lipinski definition) is 1. The fourth-order valence-electron chi connectivity index (χ4n) is 2.30. The van der Waals surface area contributed by atoms with Crippen LogP contribution in [-0.4, -0.2) is 24.3 Å². The van der Waals surface area contributed by atoms with Crippen molar-refractivity contribution in [2.45, 2.75) is 32.0 Å². The van der Waals surface area contributed by atoms with Gasteiger partial charge in [-0.2, -0.15) is 0 Å². The summed E-state index contributed by atoms with van der Waals surface area (Å²) >= 11 is 0. The minimum absolute atomic E-state index is 0.361. The molecular formula is C13H16O4. The van der Waals surface area contributed by atoms with E-state index in [2.05, 4.69) is 0 Å². The van der Waals surface area contributed by atoms with Crippen molar-refractivity contribution in [1.82, 2.24) is 0 Å². The molecule has 1 aromatic carbocycles. The first kappa shape index (κ1) is 11.9. The van der Waals surface area contributed by atoms with Crippen LogP contribution in [0.2, 0.25) is 0 Å². The number of carbonyl (C=O) groups is 1. The number of hydrogen-bond acceptors (Lipinski definition) is 4. The van der Waals surface area contributed by atoms with E-state index in [-0.39, 0.29) is 5.97 Å². The Hall–Kier alpha value is -1.55. The highest BCUT2D eigenvalue weighted by Crippen LogP contribution is 2.36. The van der Waals surface area contributed by atoms with Gasteiger partial charge in [-0.15, -0.1) is 0 Å². The summed E-state index contributed by atoms with van der Waals surface area (Å²) in [4.78, 5) is 10.9. The maximum absolute atomic E-state index is 10.9. The van der Waals surface area contributed by atoms with Crippen LogP contribution in [0.25, 0.3) is 0 Å². The second-order valence-electron chi connectivity index (χ2n) is 4.16. The molecule has 0 saturated carbocycles.